The molecule has 1 aromatic heterocycles. The SMILES string of the molecule is CCC(CNc1ccc(C(F)(F)F)nc1)N(C)C(=O)c1cc(Cl)ccc1N/N=C\C=N. The third-order valence-electron chi connectivity index (χ3n) is 4.48. The number of hydrogen-bond donors (Lipinski definition) is 3. The van der Waals surface area contributed by atoms with E-state index in [9.17, 15) is 18.0 Å². The van der Waals surface area contributed by atoms with Crippen LogP contribution < -0.4 is 10.7 Å². The van der Waals surface area contributed by atoms with Crippen LogP contribution in [0.5, 0.6) is 0 Å². The van der Waals surface area contributed by atoms with E-state index < -0.39 is 11.9 Å². The number of halogens is 4. The van der Waals surface area contributed by atoms with Crippen molar-refractivity contribution < 1.29 is 18.0 Å². The van der Waals surface area contributed by atoms with Crippen LogP contribution in [-0.2, 0) is 6.18 Å². The molecule has 2 aromatic rings. The van der Waals surface area contributed by atoms with Crippen LogP contribution in [0.25, 0.3) is 0 Å². The molecule has 0 radical (unpaired) electrons. The monoisotopic (exact) mass is 454 g/mol. The summed E-state index contributed by atoms with van der Waals surface area (Å²) in [6.07, 6.45) is -0.576. The molecule has 0 aliphatic rings. The van der Waals surface area contributed by atoms with Gasteiger partial charge in [0.15, 0.2) is 0 Å². The predicted molar refractivity (Wildman–Crippen MR) is 116 cm³/mol. The number of aromatic nitrogens is 1. The highest BCUT2D eigenvalue weighted by atomic mass is 35.5. The summed E-state index contributed by atoms with van der Waals surface area (Å²) in [5, 5.41) is 14.2. The van der Waals surface area contributed by atoms with Crippen molar-refractivity contribution >= 4 is 41.3 Å². The molecular weight excluding hydrogens is 433 g/mol. The van der Waals surface area contributed by atoms with E-state index in [1.54, 1.807) is 19.2 Å². The Balaban J connectivity index is 2.12. The smallest absolute Gasteiger partial charge is 0.382 e. The Morgan fingerprint density at radius 1 is 1.35 bits per heavy atom. The summed E-state index contributed by atoms with van der Waals surface area (Å²) < 4.78 is 37.9. The first-order valence-corrected chi connectivity index (χ1v) is 9.67. The molecule has 11 heteroatoms. The van der Waals surface area contributed by atoms with E-state index in [0.717, 1.165) is 18.5 Å². The summed E-state index contributed by atoms with van der Waals surface area (Å²) in [5.41, 5.74) is 2.88. The van der Waals surface area contributed by atoms with Crippen LogP contribution in [0.1, 0.15) is 29.4 Å². The zero-order valence-electron chi connectivity index (χ0n) is 16.9. The van der Waals surface area contributed by atoms with Crippen LogP contribution in [0.2, 0.25) is 5.02 Å². The summed E-state index contributed by atoms with van der Waals surface area (Å²) >= 11 is 6.05. The molecule has 0 saturated carbocycles. The van der Waals surface area contributed by atoms with Crippen LogP contribution >= 0.6 is 11.6 Å². The topological polar surface area (TPSA) is 93.5 Å². The average Bonchev–Trinajstić information content (AvgIpc) is 2.74. The van der Waals surface area contributed by atoms with Crippen LogP contribution in [0.15, 0.2) is 41.6 Å². The molecular formula is C20H22ClF3N6O. The molecule has 3 N–H and O–H groups in total. The first kappa shape index (κ1) is 24.1. The van der Waals surface area contributed by atoms with Crippen molar-refractivity contribution in [3.63, 3.8) is 0 Å². The van der Waals surface area contributed by atoms with E-state index in [2.05, 4.69) is 20.8 Å². The van der Waals surface area contributed by atoms with Gasteiger partial charge in [0.1, 0.15) is 5.69 Å². The highest BCUT2D eigenvalue weighted by Crippen LogP contribution is 2.28. The minimum absolute atomic E-state index is 0.258. The van der Waals surface area contributed by atoms with E-state index >= 15 is 0 Å². The van der Waals surface area contributed by atoms with Gasteiger partial charge >= 0.3 is 6.18 Å². The zero-order valence-corrected chi connectivity index (χ0v) is 17.6. The number of pyridine rings is 1. The summed E-state index contributed by atoms with van der Waals surface area (Å²) in [6, 6.07) is 6.67. The Morgan fingerprint density at radius 2 is 2.10 bits per heavy atom. The minimum Gasteiger partial charge on any atom is -0.382 e. The van der Waals surface area contributed by atoms with Gasteiger partial charge in [-0.25, -0.2) is 4.98 Å². The second-order valence-corrected chi connectivity index (χ2v) is 6.97. The first-order chi connectivity index (χ1) is 14.7. The van der Waals surface area contributed by atoms with Crippen molar-refractivity contribution in [2.45, 2.75) is 25.6 Å². The Hall–Kier alpha value is -3.14. The third kappa shape index (κ3) is 6.68. The standard InChI is InChI=1S/C20H22ClF3N6O/c1-3-15(12-26-14-5-7-18(27-11-14)20(22,23)24)30(2)19(31)16-10-13(21)4-6-17(16)29-28-9-8-25/h4-11,15,25-26,29H,3,12H2,1-2H3/b25-8?,28-9-. The second-order valence-electron chi connectivity index (χ2n) is 6.54. The molecule has 0 spiro atoms. The Morgan fingerprint density at radius 3 is 2.68 bits per heavy atom. The molecule has 0 bridgehead atoms. The van der Waals surface area contributed by atoms with Gasteiger partial charge in [0, 0.05) is 30.9 Å². The Labute approximate surface area is 182 Å². The van der Waals surface area contributed by atoms with E-state index in [4.69, 9.17) is 17.0 Å². The number of carbonyl (C=O) groups is 1. The van der Waals surface area contributed by atoms with Gasteiger partial charge in [-0.15, -0.1) is 0 Å². The molecule has 1 unspecified atom stereocenters. The van der Waals surface area contributed by atoms with Gasteiger partial charge in [0.2, 0.25) is 0 Å². The van der Waals surface area contributed by atoms with Crippen molar-refractivity contribution in [1.29, 1.82) is 5.41 Å². The summed E-state index contributed by atoms with van der Waals surface area (Å²) in [5.74, 6) is -0.311. The number of rotatable bonds is 9. The van der Waals surface area contributed by atoms with Gasteiger partial charge in [-0.05, 0) is 36.8 Å². The van der Waals surface area contributed by atoms with Crippen LogP contribution in [0.3, 0.4) is 0 Å². The fourth-order valence-corrected chi connectivity index (χ4v) is 2.92. The highest BCUT2D eigenvalue weighted by Gasteiger charge is 2.32. The number of carbonyl (C=O) groups excluding carboxylic acids is 1. The molecule has 2 rings (SSSR count). The lowest BCUT2D eigenvalue weighted by atomic mass is 10.1. The lowest BCUT2D eigenvalue weighted by Crippen LogP contribution is -2.41. The number of likely N-dealkylation sites (N-methyl/N-ethyl adjacent to an activating group) is 1. The van der Waals surface area contributed by atoms with Crippen molar-refractivity contribution in [2.75, 3.05) is 24.3 Å². The second kappa shape index (κ2) is 10.8. The fourth-order valence-electron chi connectivity index (χ4n) is 2.75. The van der Waals surface area contributed by atoms with Gasteiger partial charge < -0.3 is 15.6 Å². The maximum Gasteiger partial charge on any atom is 0.433 e. The zero-order chi connectivity index (χ0) is 23.0. The maximum atomic E-state index is 13.1. The molecule has 0 saturated heterocycles. The summed E-state index contributed by atoms with van der Waals surface area (Å²) in [4.78, 5) is 18.0. The molecule has 166 valence electrons. The molecule has 0 aliphatic carbocycles. The number of amides is 1. The molecule has 31 heavy (non-hydrogen) atoms. The molecule has 1 amide bonds. The van der Waals surface area contributed by atoms with E-state index in [0.29, 0.717) is 34.9 Å². The van der Waals surface area contributed by atoms with E-state index in [-0.39, 0.29) is 11.9 Å². The molecule has 7 nitrogen and oxygen atoms in total. The average molecular weight is 455 g/mol. The number of anilines is 2. The Kier molecular flexibility index (Phi) is 8.38. The van der Waals surface area contributed by atoms with Crippen LogP contribution in [-0.4, -0.2) is 47.9 Å². The highest BCUT2D eigenvalue weighted by molar-refractivity contribution is 6.31. The maximum absolute atomic E-state index is 13.1. The predicted octanol–water partition coefficient (Wildman–Crippen LogP) is 4.76. The number of benzene rings is 1. The molecule has 0 fully saturated rings. The van der Waals surface area contributed by atoms with Gasteiger partial charge in [0.25, 0.3) is 5.91 Å². The lowest BCUT2D eigenvalue weighted by molar-refractivity contribution is -0.141. The van der Waals surface area contributed by atoms with Crippen LogP contribution in [0, 0.1) is 5.41 Å². The Bertz CT molecular complexity index is 934. The van der Waals surface area contributed by atoms with E-state index in [1.807, 2.05) is 6.92 Å². The lowest BCUT2D eigenvalue weighted by Gasteiger charge is -2.28. The van der Waals surface area contributed by atoms with Crippen molar-refractivity contribution in [2.24, 2.45) is 5.10 Å². The van der Waals surface area contributed by atoms with Gasteiger partial charge in [-0.1, -0.05) is 18.5 Å². The molecule has 1 aromatic carbocycles. The number of hydrogen-bond acceptors (Lipinski definition) is 6. The van der Waals surface area contributed by atoms with Crippen molar-refractivity contribution in [3.8, 4) is 0 Å². The summed E-state index contributed by atoms with van der Waals surface area (Å²) in [6.45, 7) is 2.20. The van der Waals surface area contributed by atoms with Gasteiger partial charge in [-0.3, -0.25) is 10.2 Å². The van der Waals surface area contributed by atoms with Crippen molar-refractivity contribution in [1.82, 2.24) is 9.88 Å². The summed E-state index contributed by atoms with van der Waals surface area (Å²) in [7, 11) is 1.63. The number of nitrogens with zero attached hydrogens (tertiary/aromatic N) is 3. The first-order valence-electron chi connectivity index (χ1n) is 9.29. The number of nitrogens with one attached hydrogen (secondary N) is 3. The third-order valence-corrected chi connectivity index (χ3v) is 4.72. The normalized spacial score (nSPS) is 12.5. The number of hydrazone groups is 1. The van der Waals surface area contributed by atoms with Gasteiger partial charge in [0.05, 0.1) is 29.3 Å². The molecule has 0 aliphatic heterocycles. The molecule has 1 heterocycles. The minimum atomic E-state index is -4.50. The molecule has 1 atom stereocenters. The van der Waals surface area contributed by atoms with Gasteiger partial charge in [-0.2, -0.15) is 18.3 Å². The van der Waals surface area contributed by atoms with Crippen LogP contribution in [0.4, 0.5) is 24.5 Å². The van der Waals surface area contributed by atoms with Crippen molar-refractivity contribution in [3.05, 3.63) is 52.8 Å². The quantitative estimate of drug-likeness (QED) is 0.376. The largest absolute Gasteiger partial charge is 0.433 e. The van der Waals surface area contributed by atoms with E-state index in [1.165, 1.54) is 23.2 Å². The number of alkyl halides is 3. The fraction of sp³-hybridized carbons (Fsp3) is 0.300.